The van der Waals surface area contributed by atoms with Gasteiger partial charge in [-0.1, -0.05) is 25.2 Å². The van der Waals surface area contributed by atoms with Crippen molar-refractivity contribution in [3.63, 3.8) is 0 Å². The Labute approximate surface area is 141 Å². The van der Waals surface area contributed by atoms with Crippen LogP contribution in [0.15, 0.2) is 12.1 Å². The average molecular weight is 358 g/mol. The Kier molecular flexibility index (Phi) is 5.53. The summed E-state index contributed by atoms with van der Waals surface area (Å²) in [6.07, 6.45) is -2.70. The van der Waals surface area contributed by atoms with Gasteiger partial charge in [-0.05, 0) is 31.9 Å². The number of alkyl halides is 3. The van der Waals surface area contributed by atoms with Crippen molar-refractivity contribution < 1.29 is 18.0 Å². The second-order valence-electron chi connectivity index (χ2n) is 5.24. The molecule has 0 fully saturated rings. The average Bonchev–Trinajstić information content (AvgIpc) is 2.95. The maximum Gasteiger partial charge on any atom is 0.433 e. The molecule has 9 heteroatoms. The number of pyridine rings is 1. The minimum absolute atomic E-state index is 0.00653. The monoisotopic (exact) mass is 358 g/mol. The molecule has 1 amide bonds. The van der Waals surface area contributed by atoms with Crippen molar-refractivity contribution in [2.24, 2.45) is 0 Å². The molecule has 2 heterocycles. The maximum atomic E-state index is 12.6. The number of amides is 1. The Hall–Kier alpha value is -2.03. The summed E-state index contributed by atoms with van der Waals surface area (Å²) in [6, 6.07) is 1.90. The molecule has 0 bridgehead atoms. The predicted molar refractivity (Wildman–Crippen MR) is 85.2 cm³/mol. The van der Waals surface area contributed by atoms with Gasteiger partial charge in [-0.25, -0.2) is 4.98 Å². The number of nitrogens with one attached hydrogen (secondary N) is 1. The highest BCUT2D eigenvalue weighted by Crippen LogP contribution is 2.30. The van der Waals surface area contributed by atoms with Crippen LogP contribution in [0.4, 0.5) is 18.3 Å². The van der Waals surface area contributed by atoms with E-state index in [2.05, 4.69) is 20.5 Å². The van der Waals surface area contributed by atoms with Crippen molar-refractivity contribution >= 4 is 22.4 Å². The number of rotatable bonds is 5. The van der Waals surface area contributed by atoms with Gasteiger partial charge in [0.15, 0.2) is 0 Å². The molecule has 2 aromatic heterocycles. The van der Waals surface area contributed by atoms with Gasteiger partial charge >= 0.3 is 6.18 Å². The van der Waals surface area contributed by atoms with E-state index in [1.807, 2.05) is 13.8 Å². The number of aromatic nitrogens is 3. The number of anilines is 1. The van der Waals surface area contributed by atoms with E-state index in [0.29, 0.717) is 5.13 Å². The van der Waals surface area contributed by atoms with Gasteiger partial charge < -0.3 is 0 Å². The molecule has 0 unspecified atom stereocenters. The summed E-state index contributed by atoms with van der Waals surface area (Å²) in [5.74, 6) is -0.274. The lowest BCUT2D eigenvalue weighted by molar-refractivity contribution is -0.141. The first-order chi connectivity index (χ1) is 11.3. The van der Waals surface area contributed by atoms with Crippen molar-refractivity contribution in [3.8, 4) is 0 Å². The molecule has 2 rings (SSSR count). The van der Waals surface area contributed by atoms with Crippen LogP contribution < -0.4 is 5.32 Å². The molecule has 130 valence electrons. The Morgan fingerprint density at radius 1 is 1.25 bits per heavy atom. The normalized spacial score (nSPS) is 11.8. The van der Waals surface area contributed by atoms with Crippen LogP contribution in [0.3, 0.4) is 0 Å². The van der Waals surface area contributed by atoms with Gasteiger partial charge in [-0.3, -0.25) is 10.1 Å². The fourth-order valence-electron chi connectivity index (χ4n) is 2.21. The first-order valence-electron chi connectivity index (χ1n) is 7.45. The summed E-state index contributed by atoms with van der Waals surface area (Å²) >= 11 is 1.27. The van der Waals surface area contributed by atoms with E-state index in [0.717, 1.165) is 30.0 Å². The van der Waals surface area contributed by atoms with Gasteiger partial charge in [-0.2, -0.15) is 13.2 Å². The molecule has 0 aliphatic carbocycles. The lowest BCUT2D eigenvalue weighted by Gasteiger charge is -2.09. The first-order valence-corrected chi connectivity index (χ1v) is 8.27. The number of halogens is 3. The number of nitrogens with zero attached hydrogens (tertiary/aromatic N) is 3. The summed E-state index contributed by atoms with van der Waals surface area (Å²) < 4.78 is 37.8. The van der Waals surface area contributed by atoms with Gasteiger partial charge in [0.05, 0.1) is 11.3 Å². The third-order valence-electron chi connectivity index (χ3n) is 3.62. The van der Waals surface area contributed by atoms with Crippen LogP contribution in [0.1, 0.15) is 59.4 Å². The Balaban J connectivity index is 2.16. The molecule has 1 N–H and O–H groups in total. The zero-order valence-electron chi connectivity index (χ0n) is 13.4. The van der Waals surface area contributed by atoms with E-state index < -0.39 is 17.8 Å². The molecule has 0 radical (unpaired) electrons. The Bertz CT molecular complexity index is 726. The minimum Gasteiger partial charge on any atom is -0.296 e. The summed E-state index contributed by atoms with van der Waals surface area (Å²) in [6.45, 7) is 5.45. The maximum absolute atomic E-state index is 12.6. The van der Waals surface area contributed by atoms with E-state index in [1.54, 1.807) is 0 Å². The molecule has 0 aromatic carbocycles. The van der Waals surface area contributed by atoms with E-state index >= 15 is 0 Å². The van der Waals surface area contributed by atoms with E-state index in [-0.39, 0.29) is 17.2 Å². The molecule has 5 nitrogen and oxygen atoms in total. The SMILES string of the molecule is CCC(CC)c1nnc(NC(=O)c2ccc(C(F)(F)F)nc2C)s1. The molecule has 2 aromatic rings. The van der Waals surface area contributed by atoms with E-state index in [4.69, 9.17) is 0 Å². The zero-order valence-corrected chi connectivity index (χ0v) is 14.3. The number of hydrogen-bond donors (Lipinski definition) is 1. The summed E-state index contributed by atoms with van der Waals surface area (Å²) in [7, 11) is 0. The molecule has 0 aliphatic heterocycles. The first kappa shape index (κ1) is 18.3. The van der Waals surface area contributed by atoms with E-state index in [1.165, 1.54) is 18.3 Å². The Morgan fingerprint density at radius 2 is 1.92 bits per heavy atom. The third kappa shape index (κ3) is 4.08. The van der Waals surface area contributed by atoms with Crippen LogP contribution in [-0.4, -0.2) is 21.1 Å². The molecule has 0 atom stereocenters. The molecule has 0 saturated carbocycles. The fraction of sp³-hybridized carbons (Fsp3) is 0.467. The van der Waals surface area contributed by atoms with Crippen molar-refractivity contribution in [1.29, 1.82) is 0 Å². The Morgan fingerprint density at radius 3 is 2.46 bits per heavy atom. The number of carbonyl (C=O) groups is 1. The topological polar surface area (TPSA) is 67.8 Å². The predicted octanol–water partition coefficient (Wildman–Crippen LogP) is 4.42. The van der Waals surface area contributed by atoms with Gasteiger partial charge in [-0.15, -0.1) is 10.2 Å². The number of carbonyl (C=O) groups excluding carboxylic acids is 1. The van der Waals surface area contributed by atoms with Crippen molar-refractivity contribution in [3.05, 3.63) is 34.1 Å². The minimum atomic E-state index is -4.54. The van der Waals surface area contributed by atoms with Gasteiger partial charge in [0.25, 0.3) is 5.91 Å². The number of aryl methyl sites for hydroxylation is 1. The van der Waals surface area contributed by atoms with Crippen molar-refractivity contribution in [2.45, 2.75) is 45.7 Å². The molecular formula is C15H17F3N4OS. The smallest absolute Gasteiger partial charge is 0.296 e. The van der Waals surface area contributed by atoms with Crippen LogP contribution in [0, 0.1) is 6.92 Å². The van der Waals surface area contributed by atoms with Gasteiger partial charge in [0.1, 0.15) is 10.7 Å². The second kappa shape index (κ2) is 7.25. The molecule has 24 heavy (non-hydrogen) atoms. The molecule has 0 saturated heterocycles. The van der Waals surface area contributed by atoms with Gasteiger partial charge in [0.2, 0.25) is 5.13 Å². The largest absolute Gasteiger partial charge is 0.433 e. The van der Waals surface area contributed by atoms with Crippen molar-refractivity contribution in [1.82, 2.24) is 15.2 Å². The van der Waals surface area contributed by atoms with Crippen LogP contribution in [0.2, 0.25) is 0 Å². The van der Waals surface area contributed by atoms with Crippen LogP contribution in [-0.2, 0) is 6.18 Å². The lowest BCUT2D eigenvalue weighted by Crippen LogP contribution is -2.16. The quantitative estimate of drug-likeness (QED) is 0.859. The highest BCUT2D eigenvalue weighted by molar-refractivity contribution is 7.15. The highest BCUT2D eigenvalue weighted by Gasteiger charge is 2.33. The van der Waals surface area contributed by atoms with Crippen LogP contribution >= 0.6 is 11.3 Å². The summed E-state index contributed by atoms with van der Waals surface area (Å²) in [5.41, 5.74) is -0.946. The van der Waals surface area contributed by atoms with E-state index in [9.17, 15) is 18.0 Å². The molecule has 0 spiro atoms. The third-order valence-corrected chi connectivity index (χ3v) is 4.62. The zero-order chi connectivity index (χ0) is 17.9. The molecular weight excluding hydrogens is 341 g/mol. The fourth-order valence-corrected chi connectivity index (χ4v) is 3.22. The van der Waals surface area contributed by atoms with Crippen LogP contribution in [0.25, 0.3) is 0 Å². The lowest BCUT2D eigenvalue weighted by atomic mass is 10.1. The molecule has 0 aliphatic rings. The highest BCUT2D eigenvalue weighted by atomic mass is 32.1. The van der Waals surface area contributed by atoms with Crippen LogP contribution in [0.5, 0.6) is 0 Å². The standard InChI is InChI=1S/C15H17F3N4OS/c1-4-9(5-2)13-21-22-14(24-13)20-12(23)10-6-7-11(15(16,17)18)19-8(10)3/h6-7,9H,4-5H2,1-3H3,(H,20,22,23). The van der Waals surface area contributed by atoms with Gasteiger partial charge in [0, 0.05) is 5.92 Å². The van der Waals surface area contributed by atoms with Crippen molar-refractivity contribution in [2.75, 3.05) is 5.32 Å². The summed E-state index contributed by atoms with van der Waals surface area (Å²) in [5, 5.41) is 11.7. The summed E-state index contributed by atoms with van der Waals surface area (Å²) in [4.78, 5) is 15.7. The second-order valence-corrected chi connectivity index (χ2v) is 6.25. The number of hydrogen-bond acceptors (Lipinski definition) is 5.